The Morgan fingerprint density at radius 1 is 1.29 bits per heavy atom. The molecule has 0 unspecified atom stereocenters. The Bertz CT molecular complexity index is 516. The molecule has 2 aromatic rings. The van der Waals surface area contributed by atoms with Crippen molar-refractivity contribution in [2.75, 3.05) is 5.73 Å². The van der Waals surface area contributed by atoms with Gasteiger partial charge in [-0.3, -0.25) is 0 Å². The highest BCUT2D eigenvalue weighted by Gasteiger charge is 2.08. The van der Waals surface area contributed by atoms with Crippen molar-refractivity contribution in [2.45, 2.75) is 20.5 Å². The first-order valence-electron chi connectivity index (χ1n) is 5.03. The van der Waals surface area contributed by atoms with Crippen LogP contribution in [0.15, 0.2) is 21.0 Å². The van der Waals surface area contributed by atoms with Crippen LogP contribution < -0.4 is 10.5 Å². The number of hydrogen-bond acceptors (Lipinski definition) is 5. The van der Waals surface area contributed by atoms with Gasteiger partial charge in [-0.15, -0.1) is 5.10 Å². The summed E-state index contributed by atoms with van der Waals surface area (Å²) < 4.78 is 11.7. The van der Waals surface area contributed by atoms with E-state index in [4.69, 9.17) is 14.9 Å². The minimum absolute atomic E-state index is 0.0489. The lowest BCUT2D eigenvalue weighted by Crippen LogP contribution is -1.99. The van der Waals surface area contributed by atoms with Crippen molar-refractivity contribution in [2.24, 2.45) is 0 Å². The molecule has 0 amide bonds. The van der Waals surface area contributed by atoms with Crippen LogP contribution in [-0.2, 0) is 6.61 Å². The summed E-state index contributed by atoms with van der Waals surface area (Å²) in [5.74, 6) is 1.19. The number of nitrogen functional groups attached to an aromatic ring is 1. The summed E-state index contributed by atoms with van der Waals surface area (Å²) in [7, 11) is 0. The number of rotatable bonds is 3. The van der Waals surface area contributed by atoms with Gasteiger partial charge in [0.05, 0.1) is 0 Å². The second-order valence-electron chi connectivity index (χ2n) is 3.69. The number of aryl methyl sites for hydroxylation is 2. The maximum absolute atomic E-state index is 5.65. The molecule has 1 aromatic heterocycles. The van der Waals surface area contributed by atoms with Crippen LogP contribution in [0.4, 0.5) is 6.01 Å². The monoisotopic (exact) mass is 297 g/mol. The van der Waals surface area contributed by atoms with E-state index >= 15 is 0 Å². The number of nitrogens with two attached hydrogens (primary N) is 1. The van der Waals surface area contributed by atoms with Crippen LogP contribution in [0, 0.1) is 13.8 Å². The third-order valence-corrected chi connectivity index (χ3v) is 2.71. The van der Waals surface area contributed by atoms with Crippen molar-refractivity contribution < 1.29 is 9.15 Å². The van der Waals surface area contributed by atoms with E-state index in [1.54, 1.807) is 0 Å². The van der Waals surface area contributed by atoms with E-state index in [9.17, 15) is 0 Å². The maximum atomic E-state index is 5.65. The number of halogens is 1. The standard InChI is InChI=1S/C11H12BrN3O2/c1-6-3-8(12)4-7(2)10(6)16-5-9-14-15-11(13)17-9/h3-4H,5H2,1-2H3,(H2,13,15). The van der Waals surface area contributed by atoms with Crippen molar-refractivity contribution in [1.29, 1.82) is 0 Å². The molecule has 0 bridgehead atoms. The molecule has 90 valence electrons. The summed E-state index contributed by atoms with van der Waals surface area (Å²) in [6, 6.07) is 4.03. The molecule has 2 N–H and O–H groups in total. The van der Waals surface area contributed by atoms with E-state index in [0.717, 1.165) is 21.3 Å². The topological polar surface area (TPSA) is 74.2 Å². The number of benzene rings is 1. The van der Waals surface area contributed by atoms with Crippen LogP contribution in [0.5, 0.6) is 5.75 Å². The van der Waals surface area contributed by atoms with Gasteiger partial charge in [-0.25, -0.2) is 0 Å². The van der Waals surface area contributed by atoms with Gasteiger partial charge in [0.2, 0.25) is 0 Å². The van der Waals surface area contributed by atoms with E-state index < -0.39 is 0 Å². The quantitative estimate of drug-likeness (QED) is 0.942. The van der Waals surface area contributed by atoms with Crippen LogP contribution in [0.25, 0.3) is 0 Å². The zero-order valence-corrected chi connectivity index (χ0v) is 11.1. The highest BCUT2D eigenvalue weighted by molar-refractivity contribution is 9.10. The SMILES string of the molecule is Cc1cc(Br)cc(C)c1OCc1nnc(N)o1. The van der Waals surface area contributed by atoms with Gasteiger partial charge < -0.3 is 14.9 Å². The molecule has 0 aliphatic carbocycles. The molecule has 0 spiro atoms. The molecule has 0 fully saturated rings. The van der Waals surface area contributed by atoms with E-state index in [-0.39, 0.29) is 12.6 Å². The number of nitrogens with zero attached hydrogens (tertiary/aromatic N) is 2. The predicted octanol–water partition coefficient (Wildman–Crippen LogP) is 2.61. The minimum Gasteiger partial charge on any atom is -0.483 e. The Labute approximate surface area is 107 Å². The molecule has 1 heterocycles. The van der Waals surface area contributed by atoms with E-state index in [0.29, 0.717) is 5.89 Å². The van der Waals surface area contributed by atoms with E-state index in [2.05, 4.69) is 26.1 Å². The molecule has 0 saturated carbocycles. The third-order valence-electron chi connectivity index (χ3n) is 2.25. The third kappa shape index (κ3) is 2.76. The molecule has 17 heavy (non-hydrogen) atoms. The number of aromatic nitrogens is 2. The molecule has 5 nitrogen and oxygen atoms in total. The minimum atomic E-state index is 0.0489. The molecule has 1 aromatic carbocycles. The zero-order valence-electron chi connectivity index (χ0n) is 9.53. The number of anilines is 1. The van der Waals surface area contributed by atoms with Gasteiger partial charge in [0.25, 0.3) is 5.89 Å². The van der Waals surface area contributed by atoms with Gasteiger partial charge >= 0.3 is 6.01 Å². The van der Waals surface area contributed by atoms with Crippen molar-refractivity contribution in [3.05, 3.63) is 33.6 Å². The fourth-order valence-corrected chi connectivity index (χ4v) is 2.27. The van der Waals surface area contributed by atoms with Gasteiger partial charge in [0.15, 0.2) is 6.61 Å². The summed E-state index contributed by atoms with van der Waals surface area (Å²) >= 11 is 3.43. The Kier molecular flexibility index (Phi) is 3.33. The first-order valence-corrected chi connectivity index (χ1v) is 5.83. The van der Waals surface area contributed by atoms with Crippen LogP contribution in [0.2, 0.25) is 0 Å². The Hall–Kier alpha value is -1.56. The molecule has 0 aliphatic rings. The molecule has 0 aliphatic heterocycles. The van der Waals surface area contributed by atoms with Gasteiger partial charge in [0, 0.05) is 4.47 Å². The second kappa shape index (κ2) is 4.75. The lowest BCUT2D eigenvalue weighted by molar-refractivity contribution is 0.262. The predicted molar refractivity (Wildman–Crippen MR) is 66.7 cm³/mol. The Morgan fingerprint density at radius 3 is 2.47 bits per heavy atom. The lowest BCUT2D eigenvalue weighted by Gasteiger charge is -2.10. The number of hydrogen-bond donors (Lipinski definition) is 1. The second-order valence-corrected chi connectivity index (χ2v) is 4.61. The van der Waals surface area contributed by atoms with Crippen LogP contribution in [-0.4, -0.2) is 10.2 Å². The molecular weight excluding hydrogens is 286 g/mol. The van der Waals surface area contributed by atoms with Crippen molar-refractivity contribution in [3.8, 4) is 5.75 Å². The number of ether oxygens (including phenoxy) is 1. The van der Waals surface area contributed by atoms with Crippen LogP contribution in [0.1, 0.15) is 17.0 Å². The summed E-state index contributed by atoms with van der Waals surface area (Å²) in [4.78, 5) is 0. The molecule has 2 rings (SSSR count). The molecular formula is C11H12BrN3O2. The molecule has 0 atom stereocenters. The van der Waals surface area contributed by atoms with Crippen molar-refractivity contribution in [3.63, 3.8) is 0 Å². The smallest absolute Gasteiger partial charge is 0.312 e. The zero-order chi connectivity index (χ0) is 12.4. The fraction of sp³-hybridized carbons (Fsp3) is 0.273. The Morgan fingerprint density at radius 2 is 1.94 bits per heavy atom. The summed E-state index contributed by atoms with van der Waals surface area (Å²) in [5.41, 5.74) is 7.42. The van der Waals surface area contributed by atoms with Gasteiger partial charge in [0.1, 0.15) is 5.75 Å². The first-order chi connectivity index (χ1) is 8.06. The largest absolute Gasteiger partial charge is 0.483 e. The summed E-state index contributed by atoms with van der Waals surface area (Å²) in [5, 5.41) is 7.29. The highest BCUT2D eigenvalue weighted by atomic mass is 79.9. The summed E-state index contributed by atoms with van der Waals surface area (Å²) in [6.45, 7) is 4.18. The van der Waals surface area contributed by atoms with E-state index in [1.165, 1.54) is 0 Å². The van der Waals surface area contributed by atoms with Crippen LogP contribution in [0.3, 0.4) is 0 Å². The van der Waals surface area contributed by atoms with Gasteiger partial charge in [-0.05, 0) is 37.1 Å². The first kappa shape index (κ1) is 11.9. The average Bonchev–Trinajstić information content (AvgIpc) is 2.62. The molecule has 0 saturated heterocycles. The van der Waals surface area contributed by atoms with Gasteiger partial charge in [-0.1, -0.05) is 21.0 Å². The highest BCUT2D eigenvalue weighted by Crippen LogP contribution is 2.27. The van der Waals surface area contributed by atoms with Crippen molar-refractivity contribution >= 4 is 21.9 Å². The molecule has 0 radical (unpaired) electrons. The lowest BCUT2D eigenvalue weighted by atomic mass is 10.1. The van der Waals surface area contributed by atoms with Crippen LogP contribution >= 0.6 is 15.9 Å². The fourth-order valence-electron chi connectivity index (χ4n) is 1.58. The van der Waals surface area contributed by atoms with Gasteiger partial charge in [-0.2, -0.15) is 0 Å². The summed E-state index contributed by atoms with van der Waals surface area (Å²) in [6.07, 6.45) is 0. The average molecular weight is 298 g/mol. The van der Waals surface area contributed by atoms with Crippen molar-refractivity contribution in [1.82, 2.24) is 10.2 Å². The molecule has 6 heteroatoms. The van der Waals surface area contributed by atoms with E-state index in [1.807, 2.05) is 26.0 Å². The Balaban J connectivity index is 2.14. The normalized spacial score (nSPS) is 10.5. The maximum Gasteiger partial charge on any atom is 0.312 e.